The number of benzene rings is 2. The molecule has 2 unspecified atom stereocenters. The van der Waals surface area contributed by atoms with Crippen LogP contribution in [-0.4, -0.2) is 19.6 Å². The quantitative estimate of drug-likeness (QED) is 0.873. The summed E-state index contributed by atoms with van der Waals surface area (Å²) in [5, 5.41) is 12.0. The van der Waals surface area contributed by atoms with E-state index in [0.717, 1.165) is 17.7 Å². The SMILES string of the molecule is CCOc1ccc(C#N)cc1NC(=O)C1CC1c1ccccc1OC. The van der Waals surface area contributed by atoms with E-state index in [9.17, 15) is 4.79 Å². The van der Waals surface area contributed by atoms with Gasteiger partial charge in [-0.2, -0.15) is 5.26 Å². The van der Waals surface area contributed by atoms with E-state index in [1.807, 2.05) is 31.2 Å². The summed E-state index contributed by atoms with van der Waals surface area (Å²) < 4.78 is 10.9. The number of para-hydroxylation sites is 1. The van der Waals surface area contributed by atoms with Crippen molar-refractivity contribution in [1.82, 2.24) is 0 Å². The van der Waals surface area contributed by atoms with Gasteiger partial charge < -0.3 is 14.8 Å². The Balaban J connectivity index is 1.75. The van der Waals surface area contributed by atoms with Crippen LogP contribution >= 0.6 is 0 Å². The lowest BCUT2D eigenvalue weighted by Gasteiger charge is -2.12. The summed E-state index contributed by atoms with van der Waals surface area (Å²) in [6.45, 7) is 2.37. The monoisotopic (exact) mass is 336 g/mol. The van der Waals surface area contributed by atoms with Crippen LogP contribution in [0.3, 0.4) is 0 Å². The Morgan fingerprint density at radius 2 is 2.08 bits per heavy atom. The number of amides is 1. The van der Waals surface area contributed by atoms with E-state index in [1.54, 1.807) is 25.3 Å². The van der Waals surface area contributed by atoms with Gasteiger partial charge in [-0.3, -0.25) is 4.79 Å². The highest BCUT2D eigenvalue weighted by atomic mass is 16.5. The number of hydrogen-bond acceptors (Lipinski definition) is 4. The Labute approximate surface area is 147 Å². The minimum Gasteiger partial charge on any atom is -0.496 e. The average Bonchev–Trinajstić information content (AvgIpc) is 3.44. The van der Waals surface area contributed by atoms with Gasteiger partial charge in [0.05, 0.1) is 31.0 Å². The molecule has 2 aromatic carbocycles. The van der Waals surface area contributed by atoms with Gasteiger partial charge >= 0.3 is 0 Å². The first-order valence-corrected chi connectivity index (χ1v) is 8.28. The molecule has 3 rings (SSSR count). The van der Waals surface area contributed by atoms with Gasteiger partial charge in [-0.05, 0) is 49.1 Å². The molecule has 128 valence electrons. The summed E-state index contributed by atoms with van der Waals surface area (Å²) in [4.78, 5) is 12.6. The van der Waals surface area contributed by atoms with Crippen molar-refractivity contribution in [2.45, 2.75) is 19.3 Å². The number of ether oxygens (including phenoxy) is 2. The van der Waals surface area contributed by atoms with Gasteiger partial charge in [0.25, 0.3) is 0 Å². The van der Waals surface area contributed by atoms with Crippen molar-refractivity contribution in [3.05, 3.63) is 53.6 Å². The van der Waals surface area contributed by atoms with E-state index < -0.39 is 0 Å². The molecule has 5 heteroatoms. The first-order chi connectivity index (χ1) is 12.2. The fourth-order valence-electron chi connectivity index (χ4n) is 3.01. The van der Waals surface area contributed by atoms with Crippen molar-refractivity contribution in [2.75, 3.05) is 19.0 Å². The highest BCUT2D eigenvalue weighted by molar-refractivity contribution is 5.96. The van der Waals surface area contributed by atoms with E-state index in [4.69, 9.17) is 14.7 Å². The van der Waals surface area contributed by atoms with Crippen LogP contribution < -0.4 is 14.8 Å². The first kappa shape index (κ1) is 16.8. The fourth-order valence-corrected chi connectivity index (χ4v) is 3.01. The van der Waals surface area contributed by atoms with Gasteiger partial charge in [0.1, 0.15) is 11.5 Å². The lowest BCUT2D eigenvalue weighted by molar-refractivity contribution is -0.117. The van der Waals surface area contributed by atoms with Crippen molar-refractivity contribution in [3.8, 4) is 17.6 Å². The van der Waals surface area contributed by atoms with Gasteiger partial charge in [-0.1, -0.05) is 18.2 Å². The molecule has 0 spiro atoms. The molecule has 0 aromatic heterocycles. The zero-order valence-corrected chi connectivity index (χ0v) is 14.3. The molecule has 0 saturated heterocycles. The molecule has 1 saturated carbocycles. The highest BCUT2D eigenvalue weighted by Gasteiger charge is 2.45. The van der Waals surface area contributed by atoms with Crippen molar-refractivity contribution < 1.29 is 14.3 Å². The molecule has 5 nitrogen and oxygen atoms in total. The zero-order valence-electron chi connectivity index (χ0n) is 14.3. The predicted molar refractivity (Wildman–Crippen MR) is 94.8 cm³/mol. The third kappa shape index (κ3) is 3.58. The number of methoxy groups -OCH3 is 1. The molecule has 1 fully saturated rings. The minimum atomic E-state index is -0.100. The van der Waals surface area contributed by atoms with Crippen molar-refractivity contribution in [2.24, 2.45) is 5.92 Å². The second kappa shape index (κ2) is 7.27. The van der Waals surface area contributed by atoms with Crippen LogP contribution in [0, 0.1) is 17.2 Å². The second-order valence-electron chi connectivity index (χ2n) is 5.94. The minimum absolute atomic E-state index is 0.0630. The standard InChI is InChI=1S/C20H20N2O3/c1-3-25-19-9-8-13(12-21)10-17(19)22-20(23)16-11-15(16)14-6-4-5-7-18(14)24-2/h4-10,15-16H,3,11H2,1-2H3,(H,22,23). The van der Waals surface area contributed by atoms with E-state index in [1.165, 1.54) is 0 Å². The first-order valence-electron chi connectivity index (χ1n) is 8.28. The number of anilines is 1. The summed E-state index contributed by atoms with van der Waals surface area (Å²) in [6, 6.07) is 14.9. The van der Waals surface area contributed by atoms with Crippen LogP contribution in [0.1, 0.15) is 30.4 Å². The Morgan fingerprint density at radius 1 is 1.28 bits per heavy atom. The molecule has 1 aliphatic carbocycles. The van der Waals surface area contributed by atoms with Crippen LogP contribution in [0.15, 0.2) is 42.5 Å². The summed E-state index contributed by atoms with van der Waals surface area (Å²) in [7, 11) is 1.64. The van der Waals surface area contributed by atoms with Gasteiger partial charge in [0.2, 0.25) is 5.91 Å². The summed E-state index contributed by atoms with van der Waals surface area (Å²) in [6.07, 6.45) is 0.786. The van der Waals surface area contributed by atoms with Crippen molar-refractivity contribution in [3.63, 3.8) is 0 Å². The largest absolute Gasteiger partial charge is 0.496 e. The number of hydrogen-bond donors (Lipinski definition) is 1. The van der Waals surface area contributed by atoms with Crippen LogP contribution in [-0.2, 0) is 4.79 Å². The third-order valence-corrected chi connectivity index (χ3v) is 4.33. The van der Waals surface area contributed by atoms with E-state index in [-0.39, 0.29) is 17.7 Å². The highest BCUT2D eigenvalue weighted by Crippen LogP contribution is 2.51. The maximum atomic E-state index is 12.6. The molecule has 0 heterocycles. The third-order valence-electron chi connectivity index (χ3n) is 4.33. The van der Waals surface area contributed by atoms with Gasteiger partial charge in [0.15, 0.2) is 0 Å². The van der Waals surface area contributed by atoms with Crippen LogP contribution in [0.2, 0.25) is 0 Å². The lowest BCUT2D eigenvalue weighted by Crippen LogP contribution is -2.15. The smallest absolute Gasteiger partial charge is 0.228 e. The molecule has 0 bridgehead atoms. The number of rotatable bonds is 6. The molecule has 1 amide bonds. The molecule has 2 atom stereocenters. The molecule has 0 aliphatic heterocycles. The molecule has 1 N–H and O–H groups in total. The Bertz CT molecular complexity index is 826. The summed E-state index contributed by atoms with van der Waals surface area (Å²) >= 11 is 0. The van der Waals surface area contributed by atoms with Crippen LogP contribution in [0.5, 0.6) is 11.5 Å². The maximum Gasteiger partial charge on any atom is 0.228 e. The van der Waals surface area contributed by atoms with Crippen LogP contribution in [0.4, 0.5) is 5.69 Å². The predicted octanol–water partition coefficient (Wildman–Crippen LogP) is 3.71. The summed E-state index contributed by atoms with van der Waals surface area (Å²) in [5.74, 6) is 1.38. The Morgan fingerprint density at radius 3 is 2.80 bits per heavy atom. The Hall–Kier alpha value is -3.00. The fraction of sp³-hybridized carbons (Fsp3) is 0.300. The van der Waals surface area contributed by atoms with Crippen molar-refractivity contribution >= 4 is 11.6 Å². The van der Waals surface area contributed by atoms with E-state index in [0.29, 0.717) is 23.6 Å². The normalized spacial score (nSPS) is 18.1. The second-order valence-corrected chi connectivity index (χ2v) is 5.94. The number of carbonyl (C=O) groups excluding carboxylic acids is 1. The topological polar surface area (TPSA) is 71.3 Å². The van der Waals surface area contributed by atoms with Gasteiger partial charge in [-0.25, -0.2) is 0 Å². The Kier molecular flexibility index (Phi) is 4.90. The number of nitrogens with one attached hydrogen (secondary N) is 1. The average molecular weight is 336 g/mol. The lowest BCUT2D eigenvalue weighted by atomic mass is 10.1. The molecule has 25 heavy (non-hydrogen) atoms. The van der Waals surface area contributed by atoms with Crippen LogP contribution in [0.25, 0.3) is 0 Å². The number of carbonyl (C=O) groups is 1. The molecule has 2 aromatic rings. The molecular weight excluding hydrogens is 316 g/mol. The van der Waals surface area contributed by atoms with E-state index in [2.05, 4.69) is 11.4 Å². The maximum absolute atomic E-state index is 12.6. The van der Waals surface area contributed by atoms with E-state index >= 15 is 0 Å². The molecular formula is C20H20N2O3. The van der Waals surface area contributed by atoms with Gasteiger partial charge in [-0.15, -0.1) is 0 Å². The van der Waals surface area contributed by atoms with Gasteiger partial charge in [0, 0.05) is 5.92 Å². The molecule has 0 radical (unpaired) electrons. The summed E-state index contributed by atoms with van der Waals surface area (Å²) in [5.41, 5.74) is 2.08. The van der Waals surface area contributed by atoms with Crippen molar-refractivity contribution in [1.29, 1.82) is 5.26 Å². The number of nitrogens with zero attached hydrogens (tertiary/aromatic N) is 1. The zero-order chi connectivity index (χ0) is 17.8. The molecule has 1 aliphatic rings. The number of nitriles is 1.